The van der Waals surface area contributed by atoms with Crippen molar-refractivity contribution in [2.75, 3.05) is 0 Å². The second kappa shape index (κ2) is 9.25. The SMILES string of the molecule is N#CC1=C(N)Oc2c(ccc3c4c(ccc23)C(c2ccc(Br)cc2)C(C#N)=C(N)O4)C1c1ccc(Br)cc1. The molecular weight excluding hydrogens is 608 g/mol. The first-order chi connectivity index (χ1) is 18.4. The lowest BCUT2D eigenvalue weighted by Crippen LogP contribution is -2.22. The van der Waals surface area contributed by atoms with Crippen molar-refractivity contribution in [3.8, 4) is 23.6 Å². The van der Waals surface area contributed by atoms with Crippen LogP contribution in [0, 0.1) is 22.7 Å². The van der Waals surface area contributed by atoms with Gasteiger partial charge in [-0.25, -0.2) is 0 Å². The van der Waals surface area contributed by atoms with E-state index in [1.165, 1.54) is 0 Å². The molecule has 0 aliphatic carbocycles. The molecule has 38 heavy (non-hydrogen) atoms. The molecule has 0 aromatic heterocycles. The first-order valence-corrected chi connectivity index (χ1v) is 13.3. The average Bonchev–Trinajstić information content (AvgIpc) is 2.92. The fourth-order valence-corrected chi connectivity index (χ4v) is 5.76. The van der Waals surface area contributed by atoms with Crippen molar-refractivity contribution in [1.29, 1.82) is 10.5 Å². The van der Waals surface area contributed by atoms with Crippen LogP contribution in [-0.2, 0) is 0 Å². The molecule has 6 nitrogen and oxygen atoms in total. The molecule has 0 saturated carbocycles. The summed E-state index contributed by atoms with van der Waals surface area (Å²) in [5.41, 5.74) is 16.8. The Balaban J connectivity index is 1.57. The molecule has 0 bridgehead atoms. The van der Waals surface area contributed by atoms with E-state index in [1.807, 2.05) is 72.8 Å². The Hall–Kier alpha value is -4.24. The van der Waals surface area contributed by atoms with Crippen LogP contribution in [0.4, 0.5) is 0 Å². The van der Waals surface area contributed by atoms with Crippen LogP contribution in [0.2, 0.25) is 0 Å². The van der Waals surface area contributed by atoms with Gasteiger partial charge in [-0.05, 0) is 35.4 Å². The van der Waals surface area contributed by atoms with Crippen LogP contribution < -0.4 is 20.9 Å². The molecule has 6 rings (SSSR count). The number of fused-ring (bicyclic) bond motifs is 5. The van der Waals surface area contributed by atoms with Gasteiger partial charge < -0.3 is 20.9 Å². The van der Waals surface area contributed by atoms with Gasteiger partial charge in [0.2, 0.25) is 11.8 Å². The highest BCUT2D eigenvalue weighted by atomic mass is 79.9. The molecule has 2 aliphatic rings. The van der Waals surface area contributed by atoms with E-state index in [-0.39, 0.29) is 23.6 Å². The van der Waals surface area contributed by atoms with Crippen molar-refractivity contribution in [2.24, 2.45) is 11.5 Å². The Morgan fingerprint density at radius 2 is 0.947 bits per heavy atom. The molecule has 0 radical (unpaired) electrons. The minimum absolute atomic E-state index is 0.0676. The number of allylic oxidation sites excluding steroid dienone is 2. The van der Waals surface area contributed by atoms with Crippen LogP contribution in [0.5, 0.6) is 11.5 Å². The zero-order valence-corrected chi connectivity index (χ0v) is 22.9. The number of ether oxygens (including phenoxy) is 2. The number of rotatable bonds is 2. The number of hydrogen-bond donors (Lipinski definition) is 2. The number of halogens is 2. The van der Waals surface area contributed by atoms with Crippen LogP contribution in [0.3, 0.4) is 0 Å². The molecule has 0 fully saturated rings. The van der Waals surface area contributed by atoms with Crippen molar-refractivity contribution in [3.05, 3.63) is 127 Å². The van der Waals surface area contributed by atoms with Gasteiger partial charge in [-0.2, -0.15) is 10.5 Å². The van der Waals surface area contributed by atoms with Crippen molar-refractivity contribution >= 4 is 42.6 Å². The molecule has 0 saturated heterocycles. The quantitative estimate of drug-likeness (QED) is 0.253. The molecule has 0 spiro atoms. The second-order valence-corrected chi connectivity index (χ2v) is 10.8. The Morgan fingerprint density at radius 3 is 1.29 bits per heavy atom. The maximum Gasteiger partial charge on any atom is 0.205 e. The lowest BCUT2D eigenvalue weighted by molar-refractivity contribution is 0.393. The van der Waals surface area contributed by atoms with Gasteiger partial charge in [0.1, 0.15) is 34.8 Å². The zero-order valence-electron chi connectivity index (χ0n) is 19.7. The highest BCUT2D eigenvalue weighted by Crippen LogP contribution is 2.50. The fraction of sp³-hybridized carbons (Fsp3) is 0.0667. The molecule has 4 N–H and O–H groups in total. The van der Waals surface area contributed by atoms with Gasteiger partial charge in [-0.15, -0.1) is 0 Å². The summed E-state index contributed by atoms with van der Waals surface area (Å²) in [6, 6.07) is 27.8. The third-order valence-corrected chi connectivity index (χ3v) is 8.02. The Morgan fingerprint density at radius 1 is 0.579 bits per heavy atom. The summed E-state index contributed by atoms with van der Waals surface area (Å²) in [7, 11) is 0. The molecule has 4 aromatic carbocycles. The summed E-state index contributed by atoms with van der Waals surface area (Å²) in [6.45, 7) is 0. The average molecular weight is 626 g/mol. The summed E-state index contributed by atoms with van der Waals surface area (Å²) in [5, 5.41) is 21.4. The van der Waals surface area contributed by atoms with Gasteiger partial charge >= 0.3 is 0 Å². The number of nitrogens with zero attached hydrogens (tertiary/aromatic N) is 2. The van der Waals surface area contributed by atoms with Gasteiger partial charge in [0.25, 0.3) is 0 Å². The number of nitriles is 2. The minimum atomic E-state index is -0.385. The molecule has 4 aromatic rings. The van der Waals surface area contributed by atoms with Gasteiger partial charge in [0.05, 0.1) is 11.8 Å². The molecule has 2 aliphatic heterocycles. The highest BCUT2D eigenvalue weighted by molar-refractivity contribution is 9.10. The monoisotopic (exact) mass is 624 g/mol. The normalized spacial score (nSPS) is 18.1. The predicted octanol–water partition coefficient (Wildman–Crippen LogP) is 6.80. The van der Waals surface area contributed by atoms with Crippen LogP contribution in [0.1, 0.15) is 34.1 Å². The molecule has 2 heterocycles. The van der Waals surface area contributed by atoms with Gasteiger partial charge in [-0.3, -0.25) is 0 Å². The number of nitrogens with two attached hydrogens (primary N) is 2. The maximum atomic E-state index is 9.93. The minimum Gasteiger partial charge on any atom is -0.440 e. The summed E-state index contributed by atoms with van der Waals surface area (Å²) in [5.74, 6) is 0.489. The van der Waals surface area contributed by atoms with Crippen molar-refractivity contribution in [1.82, 2.24) is 0 Å². The lowest BCUT2D eigenvalue weighted by atomic mass is 9.80. The van der Waals surface area contributed by atoms with Gasteiger partial charge in [0.15, 0.2) is 0 Å². The smallest absolute Gasteiger partial charge is 0.205 e. The van der Waals surface area contributed by atoms with Crippen LogP contribution in [0.15, 0.2) is 105 Å². The zero-order chi connectivity index (χ0) is 26.6. The molecule has 2 atom stereocenters. The predicted molar refractivity (Wildman–Crippen MR) is 151 cm³/mol. The lowest BCUT2D eigenvalue weighted by Gasteiger charge is -2.30. The van der Waals surface area contributed by atoms with Crippen LogP contribution in [0.25, 0.3) is 10.8 Å². The first-order valence-electron chi connectivity index (χ1n) is 11.7. The first kappa shape index (κ1) is 24.1. The third-order valence-electron chi connectivity index (χ3n) is 6.96. The van der Waals surface area contributed by atoms with Gasteiger partial charge in [0, 0.05) is 30.8 Å². The standard InChI is InChI=1S/C30H18Br2N4O2/c31-17-5-1-15(2-6-17)25-21-11-9-20-19(27(21)37-29(35)23(25)13-33)10-12-22-26(16-3-7-18(32)8-4-16)24(14-34)30(36)38-28(20)22/h1-12,25-26H,35-36H2. The van der Waals surface area contributed by atoms with E-state index in [0.717, 1.165) is 42.0 Å². The summed E-state index contributed by atoms with van der Waals surface area (Å²) < 4.78 is 14.0. The largest absolute Gasteiger partial charge is 0.440 e. The molecular formula is C30H18Br2N4O2. The number of benzene rings is 4. The fourth-order valence-electron chi connectivity index (χ4n) is 5.23. The van der Waals surface area contributed by atoms with Crippen LogP contribution >= 0.6 is 31.9 Å². The van der Waals surface area contributed by atoms with Crippen molar-refractivity contribution in [2.45, 2.75) is 11.8 Å². The Kier molecular flexibility index (Phi) is 5.87. The Labute approximate surface area is 235 Å². The molecule has 0 amide bonds. The van der Waals surface area contributed by atoms with E-state index >= 15 is 0 Å². The van der Waals surface area contributed by atoms with E-state index in [0.29, 0.717) is 22.6 Å². The summed E-state index contributed by atoms with van der Waals surface area (Å²) in [6.07, 6.45) is 0. The van der Waals surface area contributed by atoms with Gasteiger partial charge in [-0.1, -0.05) is 80.4 Å². The summed E-state index contributed by atoms with van der Waals surface area (Å²) in [4.78, 5) is 0. The third kappa shape index (κ3) is 3.73. The maximum absolute atomic E-state index is 9.93. The Bertz CT molecular complexity index is 1650. The van der Waals surface area contributed by atoms with E-state index < -0.39 is 0 Å². The highest BCUT2D eigenvalue weighted by Gasteiger charge is 2.35. The van der Waals surface area contributed by atoms with E-state index in [9.17, 15) is 10.5 Å². The topological polar surface area (TPSA) is 118 Å². The van der Waals surface area contributed by atoms with E-state index in [2.05, 4.69) is 44.0 Å². The van der Waals surface area contributed by atoms with Crippen LogP contribution in [-0.4, -0.2) is 0 Å². The molecule has 8 heteroatoms. The molecule has 184 valence electrons. The number of hydrogen-bond acceptors (Lipinski definition) is 6. The van der Waals surface area contributed by atoms with Crippen molar-refractivity contribution < 1.29 is 9.47 Å². The second-order valence-electron chi connectivity index (χ2n) is 9.02. The van der Waals surface area contributed by atoms with E-state index in [1.54, 1.807) is 0 Å². The van der Waals surface area contributed by atoms with Crippen molar-refractivity contribution in [3.63, 3.8) is 0 Å². The molecule has 2 unspecified atom stereocenters. The summed E-state index contributed by atoms with van der Waals surface area (Å²) >= 11 is 6.95. The van der Waals surface area contributed by atoms with E-state index in [4.69, 9.17) is 20.9 Å².